The van der Waals surface area contributed by atoms with Crippen LogP contribution in [0.2, 0.25) is 0 Å². The van der Waals surface area contributed by atoms with Crippen LogP contribution in [-0.2, 0) is 4.79 Å². The molecule has 104 valence electrons. The highest BCUT2D eigenvalue weighted by Gasteiger charge is 2.32. The van der Waals surface area contributed by atoms with Gasteiger partial charge in [-0.25, -0.2) is 9.18 Å². The van der Waals surface area contributed by atoms with Gasteiger partial charge in [0.25, 0.3) is 5.91 Å². The molecule has 0 aromatic heterocycles. The summed E-state index contributed by atoms with van der Waals surface area (Å²) >= 11 is 0. The first kappa shape index (κ1) is 15.1. The van der Waals surface area contributed by atoms with Crippen LogP contribution < -0.4 is 5.32 Å². The molecule has 0 aliphatic heterocycles. The molecule has 1 aromatic rings. The predicted octanol–water partition coefficient (Wildman–Crippen LogP) is 2.36. The van der Waals surface area contributed by atoms with Gasteiger partial charge in [-0.05, 0) is 30.0 Å². The first-order chi connectivity index (χ1) is 8.62. The molecular formula is C14H18FNO3. The smallest absolute Gasteiger partial charge is 0.326 e. The van der Waals surface area contributed by atoms with Gasteiger partial charge in [-0.3, -0.25) is 4.79 Å². The normalized spacial score (nSPS) is 12.9. The van der Waals surface area contributed by atoms with E-state index in [4.69, 9.17) is 5.11 Å². The second-order valence-corrected chi connectivity index (χ2v) is 5.57. The van der Waals surface area contributed by atoms with Gasteiger partial charge in [-0.1, -0.05) is 26.8 Å². The Balaban J connectivity index is 2.94. The summed E-state index contributed by atoms with van der Waals surface area (Å²) in [5.74, 6) is -2.20. The summed E-state index contributed by atoms with van der Waals surface area (Å²) in [6.07, 6.45) is 0. The average molecular weight is 267 g/mol. The Morgan fingerprint density at radius 2 is 1.89 bits per heavy atom. The number of carboxylic acids is 1. The minimum Gasteiger partial charge on any atom is -0.480 e. The molecule has 0 unspecified atom stereocenters. The van der Waals surface area contributed by atoms with Crippen LogP contribution in [0.3, 0.4) is 0 Å². The molecule has 19 heavy (non-hydrogen) atoms. The van der Waals surface area contributed by atoms with Gasteiger partial charge in [0.15, 0.2) is 0 Å². The van der Waals surface area contributed by atoms with Crippen LogP contribution in [0.15, 0.2) is 18.2 Å². The highest BCUT2D eigenvalue weighted by atomic mass is 19.1. The van der Waals surface area contributed by atoms with E-state index in [0.717, 1.165) is 6.07 Å². The topological polar surface area (TPSA) is 66.4 Å². The standard InChI is InChI=1S/C14H18FNO3/c1-8-5-6-9(7-10(8)15)12(17)16-11(13(18)19)14(2,3)4/h5-7,11H,1-4H3,(H,16,17)(H,18,19)/t11-/m1/s1. The molecule has 5 heteroatoms. The number of hydrogen-bond donors (Lipinski definition) is 2. The van der Waals surface area contributed by atoms with Crippen LogP contribution in [0.4, 0.5) is 4.39 Å². The summed E-state index contributed by atoms with van der Waals surface area (Å²) < 4.78 is 13.4. The Hall–Kier alpha value is -1.91. The van der Waals surface area contributed by atoms with E-state index >= 15 is 0 Å². The summed E-state index contributed by atoms with van der Waals surface area (Å²) in [6.45, 7) is 6.72. The van der Waals surface area contributed by atoms with Crippen molar-refractivity contribution < 1.29 is 19.1 Å². The third-order valence-electron chi connectivity index (χ3n) is 2.82. The van der Waals surface area contributed by atoms with Gasteiger partial charge < -0.3 is 10.4 Å². The molecule has 0 aliphatic rings. The largest absolute Gasteiger partial charge is 0.480 e. The Morgan fingerprint density at radius 1 is 1.32 bits per heavy atom. The number of nitrogens with one attached hydrogen (secondary N) is 1. The van der Waals surface area contributed by atoms with Crippen molar-refractivity contribution in [3.05, 3.63) is 35.1 Å². The Labute approximate surface area is 111 Å². The first-order valence-corrected chi connectivity index (χ1v) is 5.92. The molecule has 0 aliphatic carbocycles. The quantitative estimate of drug-likeness (QED) is 0.883. The van der Waals surface area contributed by atoms with Gasteiger partial charge in [0.1, 0.15) is 11.9 Å². The third kappa shape index (κ3) is 3.77. The van der Waals surface area contributed by atoms with Crippen molar-refractivity contribution in [1.29, 1.82) is 0 Å². The van der Waals surface area contributed by atoms with Gasteiger partial charge in [-0.15, -0.1) is 0 Å². The van der Waals surface area contributed by atoms with Crippen molar-refractivity contribution in [3.8, 4) is 0 Å². The summed E-state index contributed by atoms with van der Waals surface area (Å²) in [4.78, 5) is 23.1. The van der Waals surface area contributed by atoms with E-state index in [-0.39, 0.29) is 5.56 Å². The number of halogens is 1. The molecule has 1 aromatic carbocycles. The molecular weight excluding hydrogens is 249 g/mol. The number of hydrogen-bond acceptors (Lipinski definition) is 2. The van der Waals surface area contributed by atoms with Crippen molar-refractivity contribution in [1.82, 2.24) is 5.32 Å². The molecule has 0 saturated carbocycles. The molecule has 2 N–H and O–H groups in total. The molecule has 0 saturated heterocycles. The molecule has 4 nitrogen and oxygen atoms in total. The Morgan fingerprint density at radius 3 is 2.32 bits per heavy atom. The number of aliphatic carboxylic acids is 1. The minimum absolute atomic E-state index is 0.110. The lowest BCUT2D eigenvalue weighted by atomic mass is 9.86. The summed E-state index contributed by atoms with van der Waals surface area (Å²) in [7, 11) is 0. The molecule has 0 spiro atoms. The zero-order valence-electron chi connectivity index (χ0n) is 11.5. The maximum Gasteiger partial charge on any atom is 0.326 e. The van der Waals surface area contributed by atoms with Gasteiger partial charge in [-0.2, -0.15) is 0 Å². The van der Waals surface area contributed by atoms with Gasteiger partial charge in [0, 0.05) is 5.56 Å². The number of carbonyl (C=O) groups excluding carboxylic acids is 1. The highest BCUT2D eigenvalue weighted by Crippen LogP contribution is 2.20. The molecule has 0 fully saturated rings. The number of rotatable bonds is 3. The zero-order chi connectivity index (χ0) is 14.8. The van der Waals surface area contributed by atoms with E-state index in [2.05, 4.69) is 5.32 Å². The lowest BCUT2D eigenvalue weighted by molar-refractivity contribution is -0.142. The lowest BCUT2D eigenvalue weighted by Crippen LogP contribution is -2.49. The molecule has 0 bridgehead atoms. The fourth-order valence-electron chi connectivity index (χ4n) is 1.60. The fourth-order valence-corrected chi connectivity index (χ4v) is 1.60. The molecule has 0 heterocycles. The number of carboxylic acid groups (broad SMARTS) is 1. The van der Waals surface area contributed by atoms with Crippen molar-refractivity contribution in [3.63, 3.8) is 0 Å². The number of benzene rings is 1. The van der Waals surface area contributed by atoms with Crippen LogP contribution >= 0.6 is 0 Å². The van der Waals surface area contributed by atoms with E-state index in [1.807, 2.05) is 0 Å². The van der Waals surface area contributed by atoms with E-state index in [1.165, 1.54) is 12.1 Å². The minimum atomic E-state index is -1.12. The van der Waals surface area contributed by atoms with Crippen molar-refractivity contribution in [2.45, 2.75) is 33.7 Å². The second kappa shape index (κ2) is 5.38. The molecule has 1 amide bonds. The van der Waals surface area contributed by atoms with Gasteiger partial charge in [0.05, 0.1) is 0 Å². The lowest BCUT2D eigenvalue weighted by Gasteiger charge is -2.27. The van der Waals surface area contributed by atoms with Crippen LogP contribution in [0.5, 0.6) is 0 Å². The van der Waals surface area contributed by atoms with Crippen LogP contribution in [0, 0.1) is 18.2 Å². The maximum absolute atomic E-state index is 13.4. The summed E-state index contributed by atoms with van der Waals surface area (Å²) in [5.41, 5.74) is -0.0918. The van der Waals surface area contributed by atoms with Crippen LogP contribution in [-0.4, -0.2) is 23.0 Å². The average Bonchev–Trinajstić information content (AvgIpc) is 2.27. The van der Waals surface area contributed by atoms with Crippen LogP contribution in [0.25, 0.3) is 0 Å². The Kier molecular flexibility index (Phi) is 4.29. The third-order valence-corrected chi connectivity index (χ3v) is 2.82. The molecule has 1 rings (SSSR count). The predicted molar refractivity (Wildman–Crippen MR) is 69.5 cm³/mol. The SMILES string of the molecule is Cc1ccc(C(=O)N[C@H](C(=O)O)C(C)(C)C)cc1F. The summed E-state index contributed by atoms with van der Waals surface area (Å²) in [5, 5.41) is 11.5. The number of carbonyl (C=O) groups is 2. The maximum atomic E-state index is 13.4. The van der Waals surface area contributed by atoms with Crippen molar-refractivity contribution >= 4 is 11.9 Å². The molecule has 1 atom stereocenters. The van der Waals surface area contributed by atoms with Gasteiger partial charge >= 0.3 is 5.97 Å². The number of amides is 1. The van der Waals surface area contributed by atoms with E-state index in [0.29, 0.717) is 5.56 Å². The van der Waals surface area contributed by atoms with Crippen molar-refractivity contribution in [2.75, 3.05) is 0 Å². The summed E-state index contributed by atoms with van der Waals surface area (Å²) in [6, 6.07) is 3.02. The highest BCUT2D eigenvalue weighted by molar-refractivity contribution is 5.96. The van der Waals surface area contributed by atoms with E-state index in [1.54, 1.807) is 27.7 Å². The second-order valence-electron chi connectivity index (χ2n) is 5.57. The van der Waals surface area contributed by atoms with Crippen molar-refractivity contribution in [2.24, 2.45) is 5.41 Å². The monoisotopic (exact) mass is 267 g/mol. The number of aryl methyl sites for hydroxylation is 1. The Bertz CT molecular complexity index is 506. The first-order valence-electron chi connectivity index (χ1n) is 5.92. The van der Waals surface area contributed by atoms with Gasteiger partial charge in [0.2, 0.25) is 0 Å². The van der Waals surface area contributed by atoms with E-state index in [9.17, 15) is 14.0 Å². The van der Waals surface area contributed by atoms with E-state index < -0.39 is 29.2 Å². The zero-order valence-corrected chi connectivity index (χ0v) is 11.5. The fraction of sp³-hybridized carbons (Fsp3) is 0.429. The molecule has 0 radical (unpaired) electrons. The van der Waals surface area contributed by atoms with Crippen LogP contribution in [0.1, 0.15) is 36.7 Å².